The van der Waals surface area contributed by atoms with Gasteiger partial charge in [0.1, 0.15) is 0 Å². The van der Waals surface area contributed by atoms with Crippen LogP contribution in [0.15, 0.2) is 18.3 Å². The van der Waals surface area contributed by atoms with Gasteiger partial charge in [-0.15, -0.1) is 0 Å². The van der Waals surface area contributed by atoms with Crippen molar-refractivity contribution in [3.63, 3.8) is 0 Å². The summed E-state index contributed by atoms with van der Waals surface area (Å²) in [6, 6.07) is 4.33. The summed E-state index contributed by atoms with van der Waals surface area (Å²) in [6.07, 6.45) is 3.02. The van der Waals surface area contributed by atoms with Crippen LogP contribution in [0.1, 0.15) is 38.8 Å². The van der Waals surface area contributed by atoms with Gasteiger partial charge < -0.3 is 0 Å². The molecule has 0 aliphatic heterocycles. The Morgan fingerprint density at radius 3 is 2.60 bits per heavy atom. The second-order valence-electron chi connectivity index (χ2n) is 5.03. The monoisotopic (exact) mass is 202 g/mol. The minimum atomic E-state index is 0.175. The van der Waals surface area contributed by atoms with Gasteiger partial charge in [-0.1, -0.05) is 33.8 Å². The number of H-pyrrole nitrogens is 1. The number of nitrogens with zero attached hydrogens (tertiary/aromatic N) is 1. The van der Waals surface area contributed by atoms with Crippen LogP contribution in [-0.4, -0.2) is 10.2 Å². The van der Waals surface area contributed by atoms with Crippen LogP contribution in [-0.2, 0) is 11.8 Å². The molecule has 0 radical (unpaired) electrons. The molecule has 0 unspecified atom stereocenters. The Balaban J connectivity index is 2.80. The molecule has 0 atom stereocenters. The van der Waals surface area contributed by atoms with Crippen molar-refractivity contribution in [2.45, 2.75) is 39.5 Å². The molecule has 0 aliphatic carbocycles. The first kappa shape index (κ1) is 10.2. The highest BCUT2D eigenvalue weighted by atomic mass is 15.1. The summed E-state index contributed by atoms with van der Waals surface area (Å²) >= 11 is 0. The van der Waals surface area contributed by atoms with Gasteiger partial charge in [0.2, 0.25) is 0 Å². The van der Waals surface area contributed by atoms with E-state index in [1.165, 1.54) is 16.5 Å². The maximum atomic E-state index is 4.13. The number of hydrogen-bond acceptors (Lipinski definition) is 1. The van der Waals surface area contributed by atoms with Gasteiger partial charge in [-0.25, -0.2) is 0 Å². The van der Waals surface area contributed by atoms with Crippen LogP contribution in [0, 0.1) is 0 Å². The Labute approximate surface area is 90.7 Å². The molecule has 0 fully saturated rings. The normalized spacial score (nSPS) is 12.3. The highest BCUT2D eigenvalue weighted by molar-refractivity contribution is 5.84. The van der Waals surface area contributed by atoms with Crippen LogP contribution in [0.2, 0.25) is 0 Å². The van der Waals surface area contributed by atoms with Gasteiger partial charge in [0.05, 0.1) is 11.7 Å². The van der Waals surface area contributed by atoms with Gasteiger partial charge in [0.25, 0.3) is 0 Å². The zero-order valence-corrected chi connectivity index (χ0v) is 9.89. The fraction of sp³-hybridized carbons (Fsp3) is 0.462. The van der Waals surface area contributed by atoms with Crippen molar-refractivity contribution in [1.82, 2.24) is 10.2 Å². The predicted molar refractivity (Wildman–Crippen MR) is 64.2 cm³/mol. The topological polar surface area (TPSA) is 28.7 Å². The number of fused-ring (bicyclic) bond motifs is 1. The molecule has 1 aromatic heterocycles. The number of hydrogen-bond donors (Lipinski definition) is 1. The number of benzene rings is 1. The first-order chi connectivity index (χ1) is 7.04. The Hall–Kier alpha value is -1.31. The average molecular weight is 202 g/mol. The van der Waals surface area contributed by atoms with Gasteiger partial charge in [-0.3, -0.25) is 5.10 Å². The molecule has 0 aliphatic rings. The molecule has 0 spiro atoms. The van der Waals surface area contributed by atoms with Crippen LogP contribution in [0.5, 0.6) is 0 Å². The Kier molecular flexibility index (Phi) is 2.29. The van der Waals surface area contributed by atoms with Crippen LogP contribution >= 0.6 is 0 Å². The largest absolute Gasteiger partial charge is 0.278 e. The van der Waals surface area contributed by atoms with Crippen LogP contribution in [0.25, 0.3) is 10.9 Å². The van der Waals surface area contributed by atoms with Crippen LogP contribution in [0.4, 0.5) is 0 Å². The van der Waals surface area contributed by atoms with Crippen molar-refractivity contribution in [3.05, 3.63) is 29.5 Å². The molecule has 0 saturated heterocycles. The van der Waals surface area contributed by atoms with Gasteiger partial charge in [0, 0.05) is 5.39 Å². The van der Waals surface area contributed by atoms with E-state index >= 15 is 0 Å². The molecule has 2 nitrogen and oxygen atoms in total. The van der Waals surface area contributed by atoms with Crippen molar-refractivity contribution < 1.29 is 0 Å². The molecule has 15 heavy (non-hydrogen) atoms. The molecule has 80 valence electrons. The lowest BCUT2D eigenvalue weighted by Gasteiger charge is -2.23. The fourth-order valence-corrected chi connectivity index (χ4v) is 2.24. The van der Waals surface area contributed by atoms with Crippen LogP contribution < -0.4 is 0 Å². The van der Waals surface area contributed by atoms with Crippen molar-refractivity contribution in [1.29, 1.82) is 0 Å². The van der Waals surface area contributed by atoms with E-state index in [0.717, 1.165) is 11.9 Å². The van der Waals surface area contributed by atoms with E-state index in [1.807, 2.05) is 6.20 Å². The molecule has 2 rings (SSSR count). The second kappa shape index (κ2) is 3.37. The number of rotatable bonds is 1. The highest BCUT2D eigenvalue weighted by Crippen LogP contribution is 2.32. The number of nitrogens with one attached hydrogen (secondary N) is 1. The third-order valence-corrected chi connectivity index (χ3v) is 2.84. The summed E-state index contributed by atoms with van der Waals surface area (Å²) in [6.45, 7) is 8.98. The Morgan fingerprint density at radius 1 is 1.27 bits per heavy atom. The Morgan fingerprint density at radius 2 is 2.00 bits per heavy atom. The molecule has 1 N–H and O–H groups in total. The first-order valence-electron chi connectivity index (χ1n) is 5.49. The van der Waals surface area contributed by atoms with E-state index in [-0.39, 0.29) is 5.41 Å². The zero-order valence-electron chi connectivity index (χ0n) is 9.89. The van der Waals surface area contributed by atoms with E-state index in [1.54, 1.807) is 0 Å². The van der Waals surface area contributed by atoms with Gasteiger partial charge >= 0.3 is 0 Å². The van der Waals surface area contributed by atoms with Crippen molar-refractivity contribution >= 4 is 10.9 Å². The zero-order chi connectivity index (χ0) is 11.1. The third kappa shape index (κ3) is 1.65. The fourth-order valence-electron chi connectivity index (χ4n) is 2.24. The number of aromatic amines is 1. The van der Waals surface area contributed by atoms with E-state index in [2.05, 4.69) is 50.0 Å². The summed E-state index contributed by atoms with van der Waals surface area (Å²) in [5.41, 5.74) is 4.17. The second-order valence-corrected chi connectivity index (χ2v) is 5.03. The van der Waals surface area contributed by atoms with Gasteiger partial charge in [-0.2, -0.15) is 5.10 Å². The van der Waals surface area contributed by atoms with E-state index in [9.17, 15) is 0 Å². The minimum absolute atomic E-state index is 0.175. The molecular formula is C13H18N2. The number of aryl methyl sites for hydroxylation is 1. The molecule has 0 bridgehead atoms. The quantitative estimate of drug-likeness (QED) is 0.754. The molecule has 2 heteroatoms. The standard InChI is InChI=1S/C13H18N2/c1-5-9-6-7-11-10(8-14-15-11)12(9)13(2,3)4/h6-8H,5H2,1-4H3,(H,14,15). The molecule has 0 saturated carbocycles. The summed E-state index contributed by atoms with van der Waals surface area (Å²) in [4.78, 5) is 0. The smallest absolute Gasteiger partial charge is 0.0653 e. The summed E-state index contributed by atoms with van der Waals surface area (Å²) in [7, 11) is 0. The van der Waals surface area contributed by atoms with Crippen molar-refractivity contribution in [3.8, 4) is 0 Å². The van der Waals surface area contributed by atoms with Crippen LogP contribution in [0.3, 0.4) is 0 Å². The van der Waals surface area contributed by atoms with Gasteiger partial charge in [0.15, 0.2) is 0 Å². The maximum Gasteiger partial charge on any atom is 0.0653 e. The van der Waals surface area contributed by atoms with Crippen molar-refractivity contribution in [2.75, 3.05) is 0 Å². The minimum Gasteiger partial charge on any atom is -0.278 e. The van der Waals surface area contributed by atoms with E-state index in [4.69, 9.17) is 0 Å². The van der Waals surface area contributed by atoms with Crippen molar-refractivity contribution in [2.24, 2.45) is 0 Å². The lowest BCUT2D eigenvalue weighted by atomic mass is 9.81. The van der Waals surface area contributed by atoms with E-state index in [0.29, 0.717) is 0 Å². The Bertz CT molecular complexity index is 475. The molecule has 2 aromatic rings. The lowest BCUT2D eigenvalue weighted by molar-refractivity contribution is 0.589. The first-order valence-corrected chi connectivity index (χ1v) is 5.49. The average Bonchev–Trinajstić information content (AvgIpc) is 2.61. The maximum absolute atomic E-state index is 4.13. The lowest BCUT2D eigenvalue weighted by Crippen LogP contribution is -2.14. The number of aromatic nitrogens is 2. The summed E-state index contributed by atoms with van der Waals surface area (Å²) in [5, 5.41) is 8.42. The molecule has 0 amide bonds. The van der Waals surface area contributed by atoms with E-state index < -0.39 is 0 Å². The predicted octanol–water partition coefficient (Wildman–Crippen LogP) is 3.42. The third-order valence-electron chi connectivity index (χ3n) is 2.84. The highest BCUT2D eigenvalue weighted by Gasteiger charge is 2.20. The molecule has 1 aromatic carbocycles. The molecular weight excluding hydrogens is 184 g/mol. The summed E-state index contributed by atoms with van der Waals surface area (Å²) < 4.78 is 0. The SMILES string of the molecule is CCc1ccc2[nH]ncc2c1C(C)(C)C. The summed E-state index contributed by atoms with van der Waals surface area (Å²) in [5.74, 6) is 0. The van der Waals surface area contributed by atoms with Gasteiger partial charge in [-0.05, 0) is 29.0 Å². The molecule has 1 heterocycles.